The lowest BCUT2D eigenvalue weighted by Crippen LogP contribution is -2.15. The Morgan fingerprint density at radius 3 is 2.24 bits per heavy atom. The third-order valence-corrected chi connectivity index (χ3v) is 7.96. The number of fused-ring (bicyclic) bond motifs is 3. The van der Waals surface area contributed by atoms with Crippen LogP contribution in [0.2, 0.25) is 0 Å². The normalized spacial score (nSPS) is 21.6. The Bertz CT molecular complexity index is 1140. The molecule has 0 nitrogen and oxygen atoms in total. The molecule has 0 heterocycles. The first-order valence-corrected chi connectivity index (χ1v) is 12.8. The minimum Gasteiger partial charge on any atom is -0.204 e. The second-order valence-corrected chi connectivity index (χ2v) is 10.1. The molecule has 5 rings (SSSR count). The van der Waals surface area contributed by atoms with E-state index in [9.17, 15) is 4.39 Å². The summed E-state index contributed by atoms with van der Waals surface area (Å²) in [6.07, 6.45) is 9.71. The highest BCUT2D eigenvalue weighted by atomic mass is 19.2. The molecule has 0 N–H and O–H groups in total. The van der Waals surface area contributed by atoms with Gasteiger partial charge < -0.3 is 0 Å². The first-order valence-electron chi connectivity index (χ1n) is 12.8. The number of hydrogen-bond donors (Lipinski definition) is 0. The number of benzene rings is 3. The third-order valence-electron chi connectivity index (χ3n) is 7.96. The van der Waals surface area contributed by atoms with Gasteiger partial charge in [0.05, 0.1) is 0 Å². The summed E-state index contributed by atoms with van der Waals surface area (Å²) in [6.45, 7) is 4.46. The summed E-state index contributed by atoms with van der Waals surface area (Å²) >= 11 is 0. The van der Waals surface area contributed by atoms with Gasteiger partial charge in [0.1, 0.15) is 0 Å². The minimum absolute atomic E-state index is 0.0357. The molecule has 33 heavy (non-hydrogen) atoms. The molecular formula is C31H34F2. The van der Waals surface area contributed by atoms with Crippen LogP contribution in [0, 0.1) is 17.6 Å². The number of aryl methyl sites for hydroxylation is 1. The zero-order valence-electron chi connectivity index (χ0n) is 19.8. The molecule has 1 saturated carbocycles. The zero-order chi connectivity index (χ0) is 22.9. The summed E-state index contributed by atoms with van der Waals surface area (Å²) in [6, 6.07) is 18.2. The van der Waals surface area contributed by atoms with E-state index in [0.717, 1.165) is 35.4 Å². The van der Waals surface area contributed by atoms with E-state index in [-0.39, 0.29) is 5.92 Å². The summed E-state index contributed by atoms with van der Waals surface area (Å²) < 4.78 is 29.4. The van der Waals surface area contributed by atoms with Gasteiger partial charge in [-0.3, -0.25) is 0 Å². The molecular weight excluding hydrogens is 410 g/mol. The van der Waals surface area contributed by atoms with Crippen LogP contribution in [0.5, 0.6) is 0 Å². The van der Waals surface area contributed by atoms with Crippen molar-refractivity contribution in [2.75, 3.05) is 0 Å². The lowest BCUT2D eigenvalue weighted by molar-refractivity contribution is 0.307. The molecule has 1 atom stereocenters. The molecule has 2 aliphatic rings. The fraction of sp³-hybridized carbons (Fsp3) is 0.419. The van der Waals surface area contributed by atoms with E-state index in [4.69, 9.17) is 0 Å². The van der Waals surface area contributed by atoms with Gasteiger partial charge in [0, 0.05) is 11.5 Å². The van der Waals surface area contributed by atoms with Crippen LogP contribution in [0.1, 0.15) is 98.4 Å². The second-order valence-electron chi connectivity index (χ2n) is 10.1. The topological polar surface area (TPSA) is 0 Å². The SMILES string of the molecule is CCCc1ccc2c(c1)C(c1ccccc1C1CCC(CCC)CC1)c1ccc(F)c(F)c1-2. The molecule has 3 aromatic carbocycles. The molecule has 0 bridgehead atoms. The fourth-order valence-corrected chi connectivity index (χ4v) is 6.42. The van der Waals surface area contributed by atoms with Gasteiger partial charge in [-0.15, -0.1) is 0 Å². The van der Waals surface area contributed by atoms with Crippen LogP contribution in [0.15, 0.2) is 54.6 Å². The van der Waals surface area contributed by atoms with Gasteiger partial charge in [-0.05, 0) is 83.4 Å². The van der Waals surface area contributed by atoms with E-state index in [2.05, 4.69) is 50.2 Å². The van der Waals surface area contributed by atoms with E-state index in [1.807, 2.05) is 12.1 Å². The average Bonchev–Trinajstić information content (AvgIpc) is 3.16. The predicted octanol–water partition coefficient (Wildman–Crippen LogP) is 9.15. The maximum absolute atomic E-state index is 15.1. The van der Waals surface area contributed by atoms with Crippen molar-refractivity contribution < 1.29 is 8.78 Å². The average molecular weight is 445 g/mol. The van der Waals surface area contributed by atoms with Crippen LogP contribution in [0.25, 0.3) is 11.1 Å². The van der Waals surface area contributed by atoms with E-state index in [0.29, 0.717) is 11.5 Å². The molecule has 172 valence electrons. The predicted molar refractivity (Wildman–Crippen MR) is 133 cm³/mol. The summed E-state index contributed by atoms with van der Waals surface area (Å²) in [7, 11) is 0. The van der Waals surface area contributed by atoms with Gasteiger partial charge in [0.25, 0.3) is 0 Å². The Hall–Kier alpha value is -2.48. The molecule has 0 amide bonds. The van der Waals surface area contributed by atoms with Gasteiger partial charge >= 0.3 is 0 Å². The van der Waals surface area contributed by atoms with Gasteiger partial charge in [0.15, 0.2) is 11.6 Å². The first kappa shape index (κ1) is 22.3. The van der Waals surface area contributed by atoms with Crippen molar-refractivity contribution in [1.29, 1.82) is 0 Å². The van der Waals surface area contributed by atoms with Crippen molar-refractivity contribution in [1.82, 2.24) is 0 Å². The first-order chi connectivity index (χ1) is 16.1. The van der Waals surface area contributed by atoms with Crippen molar-refractivity contribution in [2.45, 2.75) is 77.0 Å². The van der Waals surface area contributed by atoms with Crippen LogP contribution < -0.4 is 0 Å². The van der Waals surface area contributed by atoms with E-state index >= 15 is 4.39 Å². The van der Waals surface area contributed by atoms with Gasteiger partial charge in [-0.2, -0.15) is 0 Å². The summed E-state index contributed by atoms with van der Waals surface area (Å²) in [4.78, 5) is 0. The molecule has 2 heteroatoms. The Labute approximate surface area is 197 Å². The van der Waals surface area contributed by atoms with Crippen LogP contribution in [-0.2, 0) is 6.42 Å². The summed E-state index contributed by atoms with van der Waals surface area (Å²) in [5.74, 6) is -0.102. The van der Waals surface area contributed by atoms with Crippen molar-refractivity contribution in [3.63, 3.8) is 0 Å². The molecule has 0 saturated heterocycles. The maximum Gasteiger partial charge on any atom is 0.166 e. The Morgan fingerprint density at radius 1 is 0.758 bits per heavy atom. The van der Waals surface area contributed by atoms with Gasteiger partial charge in [-0.1, -0.05) is 81.6 Å². The molecule has 1 unspecified atom stereocenters. The monoisotopic (exact) mass is 444 g/mol. The highest BCUT2D eigenvalue weighted by Gasteiger charge is 2.35. The smallest absolute Gasteiger partial charge is 0.166 e. The Balaban J connectivity index is 1.61. The highest BCUT2D eigenvalue weighted by molar-refractivity contribution is 5.82. The maximum atomic E-state index is 15.1. The highest BCUT2D eigenvalue weighted by Crippen LogP contribution is 2.52. The largest absolute Gasteiger partial charge is 0.204 e. The van der Waals surface area contributed by atoms with Crippen molar-refractivity contribution in [3.05, 3.63) is 94.0 Å². The standard InChI is InChI=1S/C31H34F2/c1-3-7-20-11-14-22(15-12-20)23-9-5-6-10-24(23)29-26-17-18-28(32)31(33)30(26)25-16-13-21(8-4-2)19-27(25)29/h5-6,9-10,13,16-20,22,29H,3-4,7-8,11-12,14-15H2,1-2H3. The molecule has 0 radical (unpaired) electrons. The van der Waals surface area contributed by atoms with Crippen molar-refractivity contribution in [3.8, 4) is 11.1 Å². The van der Waals surface area contributed by atoms with E-state index in [1.54, 1.807) is 0 Å². The van der Waals surface area contributed by atoms with E-state index in [1.165, 1.54) is 61.3 Å². The summed E-state index contributed by atoms with van der Waals surface area (Å²) in [5, 5.41) is 0. The number of rotatable bonds is 6. The molecule has 0 aromatic heterocycles. The van der Waals surface area contributed by atoms with Gasteiger partial charge in [-0.25, -0.2) is 8.78 Å². The molecule has 0 spiro atoms. The lowest BCUT2D eigenvalue weighted by atomic mass is 9.74. The summed E-state index contributed by atoms with van der Waals surface area (Å²) in [5.41, 5.74) is 7.30. The van der Waals surface area contributed by atoms with Crippen LogP contribution in [0.3, 0.4) is 0 Å². The lowest BCUT2D eigenvalue weighted by Gasteiger charge is -2.31. The fourth-order valence-electron chi connectivity index (χ4n) is 6.42. The zero-order valence-corrected chi connectivity index (χ0v) is 19.8. The van der Waals surface area contributed by atoms with Crippen LogP contribution >= 0.6 is 0 Å². The number of hydrogen-bond acceptors (Lipinski definition) is 0. The second kappa shape index (κ2) is 9.41. The Kier molecular flexibility index (Phi) is 6.36. The Morgan fingerprint density at radius 2 is 1.52 bits per heavy atom. The van der Waals surface area contributed by atoms with Crippen molar-refractivity contribution in [2.24, 2.45) is 5.92 Å². The van der Waals surface area contributed by atoms with Crippen LogP contribution in [-0.4, -0.2) is 0 Å². The molecule has 0 aliphatic heterocycles. The quantitative estimate of drug-likeness (QED) is 0.278. The molecule has 3 aromatic rings. The third kappa shape index (κ3) is 4.03. The molecule has 2 aliphatic carbocycles. The number of halogens is 2. The molecule has 1 fully saturated rings. The van der Waals surface area contributed by atoms with E-state index < -0.39 is 11.6 Å². The van der Waals surface area contributed by atoms with Crippen LogP contribution in [0.4, 0.5) is 8.78 Å². The van der Waals surface area contributed by atoms with Gasteiger partial charge in [0.2, 0.25) is 0 Å². The van der Waals surface area contributed by atoms with Crippen molar-refractivity contribution >= 4 is 0 Å². The minimum atomic E-state index is -0.763.